The predicted octanol–water partition coefficient (Wildman–Crippen LogP) is 3.60. The maximum Gasteiger partial charge on any atom is 0.221 e. The molecule has 3 rings (SSSR count). The molecule has 0 atom stereocenters. The molecular weight excluding hydrogens is 298 g/mol. The summed E-state index contributed by atoms with van der Waals surface area (Å²) in [6.07, 6.45) is 3.34. The van der Waals surface area contributed by atoms with Crippen molar-refractivity contribution in [2.45, 2.75) is 6.92 Å². The molecule has 2 aromatic carbocycles. The van der Waals surface area contributed by atoms with Crippen molar-refractivity contribution in [2.24, 2.45) is 5.10 Å². The largest absolute Gasteiger partial charge is 0.368 e. The summed E-state index contributed by atoms with van der Waals surface area (Å²) in [4.78, 5) is 4.05. The minimum Gasteiger partial charge on any atom is -0.368 e. The van der Waals surface area contributed by atoms with Gasteiger partial charge in [-0.15, -0.1) is 0 Å². The lowest BCUT2D eigenvalue weighted by atomic mass is 10.0. The number of halogens is 2. The van der Waals surface area contributed by atoms with Gasteiger partial charge in [-0.2, -0.15) is 5.10 Å². The molecule has 0 fully saturated rings. The van der Waals surface area contributed by atoms with E-state index in [0.29, 0.717) is 17.1 Å². The summed E-state index contributed by atoms with van der Waals surface area (Å²) in [6, 6.07) is 10.6. The average Bonchev–Trinajstić information content (AvgIpc) is 2.84. The van der Waals surface area contributed by atoms with E-state index in [1.165, 1.54) is 16.8 Å². The number of aromatic nitrogens is 2. The van der Waals surface area contributed by atoms with Crippen LogP contribution in [-0.4, -0.2) is 15.9 Å². The highest BCUT2D eigenvalue weighted by molar-refractivity contribution is 5.81. The Morgan fingerprint density at radius 3 is 2.48 bits per heavy atom. The van der Waals surface area contributed by atoms with Gasteiger partial charge in [0, 0.05) is 11.6 Å². The minimum atomic E-state index is -0.594. The van der Waals surface area contributed by atoms with Crippen LogP contribution in [0.15, 0.2) is 53.8 Å². The van der Waals surface area contributed by atoms with E-state index < -0.39 is 11.6 Å². The summed E-state index contributed by atoms with van der Waals surface area (Å²) in [5.41, 5.74) is 8.32. The maximum atomic E-state index is 13.8. The third-order valence-corrected chi connectivity index (χ3v) is 3.32. The monoisotopic (exact) mass is 312 g/mol. The van der Waals surface area contributed by atoms with Crippen LogP contribution in [0.3, 0.4) is 0 Å². The van der Waals surface area contributed by atoms with Crippen molar-refractivity contribution >= 4 is 12.2 Å². The van der Waals surface area contributed by atoms with Crippen LogP contribution in [0.5, 0.6) is 0 Å². The second kappa shape index (κ2) is 6.00. The van der Waals surface area contributed by atoms with Gasteiger partial charge in [-0.05, 0) is 30.2 Å². The summed E-state index contributed by atoms with van der Waals surface area (Å²) in [5.74, 6) is -0.875. The van der Waals surface area contributed by atoms with E-state index in [1.54, 1.807) is 36.7 Å². The van der Waals surface area contributed by atoms with E-state index in [4.69, 9.17) is 5.73 Å². The Bertz CT molecular complexity index is 867. The van der Waals surface area contributed by atoms with E-state index in [9.17, 15) is 8.78 Å². The van der Waals surface area contributed by atoms with E-state index >= 15 is 0 Å². The zero-order chi connectivity index (χ0) is 16.4. The van der Waals surface area contributed by atoms with Gasteiger partial charge in [0.25, 0.3) is 0 Å². The molecule has 0 aliphatic carbocycles. The lowest BCUT2D eigenvalue weighted by Crippen LogP contribution is -1.97. The Balaban J connectivity index is 1.83. The summed E-state index contributed by atoms with van der Waals surface area (Å²) < 4.78 is 28.2. The number of imidazole rings is 1. The Hall–Kier alpha value is -3.02. The number of hydrogen-bond acceptors (Lipinski definition) is 3. The van der Waals surface area contributed by atoms with Gasteiger partial charge in [0.15, 0.2) is 0 Å². The fourth-order valence-corrected chi connectivity index (χ4v) is 2.20. The molecule has 0 aliphatic rings. The van der Waals surface area contributed by atoms with Gasteiger partial charge >= 0.3 is 0 Å². The fraction of sp³-hybridized carbons (Fsp3) is 0.0588. The molecule has 1 aromatic heterocycles. The first-order valence-corrected chi connectivity index (χ1v) is 6.94. The topological polar surface area (TPSA) is 56.2 Å². The molecule has 1 heterocycles. The summed E-state index contributed by atoms with van der Waals surface area (Å²) >= 11 is 0. The predicted molar refractivity (Wildman–Crippen MR) is 86.2 cm³/mol. The van der Waals surface area contributed by atoms with Crippen molar-refractivity contribution in [3.63, 3.8) is 0 Å². The van der Waals surface area contributed by atoms with Crippen LogP contribution in [-0.2, 0) is 0 Å². The standard InChI is InChI=1S/C17H14F2N4/c1-11-10-23(17(20)22-11)21-9-12-2-4-13(5-3-12)15-7-6-14(18)8-16(15)19/h2-10H,1H3,(H2,20,22). The number of anilines is 1. The first kappa shape index (κ1) is 14.9. The smallest absolute Gasteiger partial charge is 0.221 e. The zero-order valence-corrected chi connectivity index (χ0v) is 12.4. The van der Waals surface area contributed by atoms with Gasteiger partial charge < -0.3 is 5.73 Å². The Morgan fingerprint density at radius 2 is 1.87 bits per heavy atom. The lowest BCUT2D eigenvalue weighted by Gasteiger charge is -2.04. The van der Waals surface area contributed by atoms with Crippen LogP contribution < -0.4 is 5.73 Å². The minimum absolute atomic E-state index is 0.309. The van der Waals surface area contributed by atoms with Crippen molar-refractivity contribution in [3.8, 4) is 11.1 Å². The van der Waals surface area contributed by atoms with Gasteiger partial charge in [-0.1, -0.05) is 24.3 Å². The van der Waals surface area contributed by atoms with E-state index in [1.807, 2.05) is 6.92 Å². The van der Waals surface area contributed by atoms with Gasteiger partial charge in [0.2, 0.25) is 5.95 Å². The first-order chi connectivity index (χ1) is 11.0. The Labute approximate surface area is 131 Å². The van der Waals surface area contributed by atoms with Crippen LogP contribution in [0.25, 0.3) is 11.1 Å². The molecule has 0 radical (unpaired) electrons. The zero-order valence-electron chi connectivity index (χ0n) is 12.4. The van der Waals surface area contributed by atoms with Crippen molar-refractivity contribution < 1.29 is 8.78 Å². The van der Waals surface area contributed by atoms with Crippen molar-refractivity contribution in [1.82, 2.24) is 9.66 Å². The van der Waals surface area contributed by atoms with Crippen LogP contribution in [0.1, 0.15) is 11.3 Å². The number of aryl methyl sites for hydroxylation is 1. The van der Waals surface area contributed by atoms with Crippen molar-refractivity contribution in [1.29, 1.82) is 0 Å². The normalized spacial score (nSPS) is 11.3. The molecule has 0 unspecified atom stereocenters. The van der Waals surface area contributed by atoms with E-state index in [2.05, 4.69) is 10.1 Å². The molecule has 0 saturated carbocycles. The second-order valence-corrected chi connectivity index (χ2v) is 5.08. The number of hydrogen-bond donors (Lipinski definition) is 1. The third kappa shape index (κ3) is 3.26. The van der Waals surface area contributed by atoms with Crippen LogP contribution in [0.4, 0.5) is 14.7 Å². The molecule has 3 aromatic rings. The Kier molecular flexibility index (Phi) is 3.89. The maximum absolute atomic E-state index is 13.8. The van der Waals surface area contributed by atoms with E-state index in [-0.39, 0.29) is 0 Å². The van der Waals surface area contributed by atoms with Gasteiger partial charge in [0.1, 0.15) is 11.6 Å². The summed E-state index contributed by atoms with van der Waals surface area (Å²) in [6.45, 7) is 1.83. The summed E-state index contributed by atoms with van der Waals surface area (Å²) in [7, 11) is 0. The fourth-order valence-electron chi connectivity index (χ4n) is 2.20. The number of nitrogens with two attached hydrogens (primary N) is 1. The van der Waals surface area contributed by atoms with Crippen molar-refractivity contribution in [2.75, 3.05) is 5.73 Å². The Morgan fingerprint density at radius 1 is 1.13 bits per heavy atom. The lowest BCUT2D eigenvalue weighted by molar-refractivity contribution is 0.585. The average molecular weight is 312 g/mol. The molecular formula is C17H14F2N4. The third-order valence-electron chi connectivity index (χ3n) is 3.32. The highest BCUT2D eigenvalue weighted by atomic mass is 19.1. The number of nitrogens with zero attached hydrogens (tertiary/aromatic N) is 3. The van der Waals surface area contributed by atoms with Gasteiger partial charge in [0.05, 0.1) is 18.1 Å². The van der Waals surface area contributed by atoms with Crippen LogP contribution in [0.2, 0.25) is 0 Å². The number of rotatable bonds is 3. The first-order valence-electron chi connectivity index (χ1n) is 6.94. The highest BCUT2D eigenvalue weighted by Gasteiger charge is 2.06. The van der Waals surface area contributed by atoms with Crippen LogP contribution in [0, 0.1) is 18.6 Å². The molecule has 4 nitrogen and oxygen atoms in total. The van der Waals surface area contributed by atoms with Gasteiger partial charge in [-0.3, -0.25) is 0 Å². The molecule has 0 saturated heterocycles. The molecule has 2 N–H and O–H groups in total. The highest BCUT2D eigenvalue weighted by Crippen LogP contribution is 2.23. The van der Waals surface area contributed by atoms with E-state index in [0.717, 1.165) is 17.3 Å². The van der Waals surface area contributed by atoms with Gasteiger partial charge in [-0.25, -0.2) is 18.4 Å². The SMILES string of the molecule is Cc1cn(N=Cc2ccc(-c3ccc(F)cc3F)cc2)c(N)n1. The molecule has 0 spiro atoms. The quantitative estimate of drug-likeness (QED) is 0.751. The van der Waals surface area contributed by atoms with Crippen molar-refractivity contribution in [3.05, 3.63) is 71.6 Å². The number of benzene rings is 2. The second-order valence-electron chi connectivity index (χ2n) is 5.08. The molecule has 116 valence electrons. The molecule has 0 aliphatic heterocycles. The molecule has 0 amide bonds. The summed E-state index contributed by atoms with van der Waals surface area (Å²) in [5, 5.41) is 4.21. The molecule has 23 heavy (non-hydrogen) atoms. The van der Waals surface area contributed by atoms with Crippen LogP contribution >= 0.6 is 0 Å². The number of nitrogen functional groups attached to an aromatic ring is 1. The molecule has 6 heteroatoms. The molecule has 0 bridgehead atoms.